The number of aromatic nitrogens is 2. The van der Waals surface area contributed by atoms with Crippen molar-refractivity contribution < 1.29 is 9.84 Å². The third kappa shape index (κ3) is 2.11. The van der Waals surface area contributed by atoms with Crippen molar-refractivity contribution in [2.45, 2.75) is 19.5 Å². The summed E-state index contributed by atoms with van der Waals surface area (Å²) in [5, 5.41) is 9.09. The average molecular weight is 235 g/mol. The molecule has 0 saturated carbocycles. The van der Waals surface area contributed by atoms with Crippen LogP contribution in [0.3, 0.4) is 0 Å². The normalized spacial score (nSPS) is 12.9. The van der Waals surface area contributed by atoms with Crippen molar-refractivity contribution in [2.24, 2.45) is 5.73 Å². The predicted molar refractivity (Wildman–Crippen MR) is 66.0 cm³/mol. The lowest BCUT2D eigenvalue weighted by Gasteiger charge is -2.09. The summed E-state index contributed by atoms with van der Waals surface area (Å²) in [7, 11) is 1.62. The monoisotopic (exact) mass is 235 g/mol. The minimum absolute atomic E-state index is 0.0667. The molecule has 2 aromatic rings. The smallest absolute Gasteiger partial charge is 0.126 e. The van der Waals surface area contributed by atoms with Gasteiger partial charge in [0.05, 0.1) is 30.8 Å². The van der Waals surface area contributed by atoms with Gasteiger partial charge < -0.3 is 20.1 Å². The van der Waals surface area contributed by atoms with Gasteiger partial charge in [0, 0.05) is 12.6 Å². The highest BCUT2D eigenvalue weighted by Crippen LogP contribution is 2.23. The van der Waals surface area contributed by atoms with Gasteiger partial charge in [0.2, 0.25) is 0 Å². The van der Waals surface area contributed by atoms with Crippen LogP contribution in [0.5, 0.6) is 5.75 Å². The van der Waals surface area contributed by atoms with Crippen molar-refractivity contribution in [1.82, 2.24) is 9.55 Å². The zero-order valence-electron chi connectivity index (χ0n) is 10.1. The Morgan fingerprint density at radius 2 is 2.29 bits per heavy atom. The number of nitrogens with two attached hydrogens (primary N) is 1. The zero-order chi connectivity index (χ0) is 12.4. The van der Waals surface area contributed by atoms with E-state index in [0.717, 1.165) is 22.6 Å². The molecule has 5 nitrogen and oxygen atoms in total. The SMILES string of the molecule is COc1ccc2c(c1)nc(C(C)N)n2CCO. The van der Waals surface area contributed by atoms with Crippen LogP contribution in [0, 0.1) is 0 Å². The molecule has 1 heterocycles. The summed E-state index contributed by atoms with van der Waals surface area (Å²) in [6, 6.07) is 5.51. The van der Waals surface area contributed by atoms with Crippen molar-refractivity contribution >= 4 is 11.0 Å². The van der Waals surface area contributed by atoms with E-state index in [1.54, 1.807) is 7.11 Å². The van der Waals surface area contributed by atoms with Gasteiger partial charge >= 0.3 is 0 Å². The molecule has 3 N–H and O–H groups in total. The maximum Gasteiger partial charge on any atom is 0.126 e. The number of methoxy groups -OCH3 is 1. The third-order valence-corrected chi connectivity index (χ3v) is 2.72. The summed E-state index contributed by atoms with van der Waals surface area (Å²) in [4.78, 5) is 4.49. The van der Waals surface area contributed by atoms with Crippen molar-refractivity contribution in [1.29, 1.82) is 0 Å². The van der Waals surface area contributed by atoms with Crippen LogP contribution in [-0.4, -0.2) is 28.4 Å². The molecule has 0 spiro atoms. The van der Waals surface area contributed by atoms with Crippen molar-refractivity contribution in [3.05, 3.63) is 24.0 Å². The summed E-state index contributed by atoms with van der Waals surface area (Å²) in [6.07, 6.45) is 0. The first kappa shape index (κ1) is 11.9. The molecule has 0 aliphatic heterocycles. The molecule has 0 amide bonds. The van der Waals surface area contributed by atoms with E-state index in [1.807, 2.05) is 29.7 Å². The van der Waals surface area contributed by atoms with E-state index in [1.165, 1.54) is 0 Å². The standard InChI is InChI=1S/C12H17N3O2/c1-8(13)12-14-10-7-9(17-2)3-4-11(10)15(12)5-6-16/h3-4,7-8,16H,5-6,13H2,1-2H3. The van der Waals surface area contributed by atoms with Crippen LogP contribution >= 0.6 is 0 Å². The van der Waals surface area contributed by atoms with Crippen molar-refractivity contribution in [3.63, 3.8) is 0 Å². The Morgan fingerprint density at radius 1 is 1.53 bits per heavy atom. The summed E-state index contributed by atoms with van der Waals surface area (Å²) in [5.41, 5.74) is 7.69. The fraction of sp³-hybridized carbons (Fsp3) is 0.417. The van der Waals surface area contributed by atoms with Crippen LogP contribution in [0.4, 0.5) is 0 Å². The van der Waals surface area contributed by atoms with Crippen LogP contribution in [0.2, 0.25) is 0 Å². The largest absolute Gasteiger partial charge is 0.497 e. The third-order valence-electron chi connectivity index (χ3n) is 2.72. The lowest BCUT2D eigenvalue weighted by Crippen LogP contribution is -2.14. The second-order valence-electron chi connectivity index (χ2n) is 3.99. The number of ether oxygens (including phenoxy) is 1. The van der Waals surface area contributed by atoms with Gasteiger partial charge in [-0.15, -0.1) is 0 Å². The van der Waals surface area contributed by atoms with Gasteiger partial charge in [0.15, 0.2) is 0 Å². The molecule has 0 radical (unpaired) electrons. The Hall–Kier alpha value is -1.59. The summed E-state index contributed by atoms with van der Waals surface area (Å²) in [5.74, 6) is 1.55. The van der Waals surface area contributed by atoms with Crippen LogP contribution < -0.4 is 10.5 Å². The van der Waals surface area contributed by atoms with Crippen LogP contribution in [0.25, 0.3) is 11.0 Å². The lowest BCUT2D eigenvalue weighted by atomic mass is 10.3. The van der Waals surface area contributed by atoms with E-state index in [9.17, 15) is 0 Å². The molecule has 1 aromatic heterocycles. The zero-order valence-corrected chi connectivity index (χ0v) is 10.1. The van der Waals surface area contributed by atoms with E-state index in [2.05, 4.69) is 4.98 Å². The molecule has 1 atom stereocenters. The van der Waals surface area contributed by atoms with Gasteiger partial charge in [-0.25, -0.2) is 4.98 Å². The first-order chi connectivity index (χ1) is 8.17. The highest BCUT2D eigenvalue weighted by molar-refractivity contribution is 5.78. The first-order valence-corrected chi connectivity index (χ1v) is 5.58. The molecule has 92 valence electrons. The number of aliphatic hydroxyl groups excluding tert-OH is 1. The fourth-order valence-corrected chi connectivity index (χ4v) is 1.94. The molecular formula is C12H17N3O2. The van der Waals surface area contributed by atoms with Gasteiger partial charge in [-0.1, -0.05) is 0 Å². The van der Waals surface area contributed by atoms with Crippen molar-refractivity contribution in [3.8, 4) is 5.75 Å². The lowest BCUT2D eigenvalue weighted by molar-refractivity contribution is 0.275. The quantitative estimate of drug-likeness (QED) is 0.831. The molecular weight excluding hydrogens is 218 g/mol. The molecule has 5 heteroatoms. The molecule has 2 rings (SSSR count). The molecule has 17 heavy (non-hydrogen) atoms. The number of fused-ring (bicyclic) bond motifs is 1. The van der Waals surface area contributed by atoms with Gasteiger partial charge in [-0.3, -0.25) is 0 Å². The summed E-state index contributed by atoms with van der Waals surface area (Å²) < 4.78 is 7.11. The van der Waals surface area contributed by atoms with Crippen LogP contribution in [0.15, 0.2) is 18.2 Å². The predicted octanol–water partition coefficient (Wildman–Crippen LogP) is 1.06. The Kier molecular flexibility index (Phi) is 3.31. The Labute approximate surface area is 99.8 Å². The number of imidazole rings is 1. The topological polar surface area (TPSA) is 73.3 Å². The first-order valence-electron chi connectivity index (χ1n) is 5.58. The van der Waals surface area contributed by atoms with Gasteiger partial charge in [-0.2, -0.15) is 0 Å². The Balaban J connectivity index is 2.61. The molecule has 1 aromatic carbocycles. The maximum absolute atomic E-state index is 9.09. The number of nitrogens with zero attached hydrogens (tertiary/aromatic N) is 2. The van der Waals surface area contributed by atoms with Crippen LogP contribution in [-0.2, 0) is 6.54 Å². The number of hydrogen-bond acceptors (Lipinski definition) is 4. The second-order valence-corrected chi connectivity index (χ2v) is 3.99. The number of aliphatic hydroxyl groups is 1. The molecule has 0 aliphatic carbocycles. The summed E-state index contributed by atoms with van der Waals surface area (Å²) >= 11 is 0. The number of rotatable bonds is 4. The molecule has 0 saturated heterocycles. The molecule has 0 aliphatic rings. The number of benzene rings is 1. The summed E-state index contributed by atoms with van der Waals surface area (Å²) in [6.45, 7) is 2.45. The highest BCUT2D eigenvalue weighted by Gasteiger charge is 2.13. The van der Waals surface area contributed by atoms with E-state index in [4.69, 9.17) is 15.6 Å². The van der Waals surface area contributed by atoms with E-state index in [-0.39, 0.29) is 12.6 Å². The Bertz CT molecular complexity index is 520. The van der Waals surface area contributed by atoms with Crippen molar-refractivity contribution in [2.75, 3.05) is 13.7 Å². The highest BCUT2D eigenvalue weighted by atomic mass is 16.5. The minimum atomic E-state index is -0.167. The van der Waals surface area contributed by atoms with Gasteiger partial charge in [0.25, 0.3) is 0 Å². The van der Waals surface area contributed by atoms with Gasteiger partial charge in [-0.05, 0) is 19.1 Å². The van der Waals surface area contributed by atoms with E-state index >= 15 is 0 Å². The van der Waals surface area contributed by atoms with E-state index in [0.29, 0.717) is 6.54 Å². The molecule has 0 fully saturated rings. The second kappa shape index (κ2) is 4.73. The Morgan fingerprint density at radius 3 is 2.88 bits per heavy atom. The minimum Gasteiger partial charge on any atom is -0.497 e. The maximum atomic E-state index is 9.09. The molecule has 1 unspecified atom stereocenters. The average Bonchev–Trinajstić information content (AvgIpc) is 2.68. The van der Waals surface area contributed by atoms with Gasteiger partial charge in [0.1, 0.15) is 11.6 Å². The molecule has 0 bridgehead atoms. The van der Waals surface area contributed by atoms with E-state index < -0.39 is 0 Å². The van der Waals surface area contributed by atoms with Crippen LogP contribution in [0.1, 0.15) is 18.8 Å². The number of hydrogen-bond donors (Lipinski definition) is 2. The fourth-order valence-electron chi connectivity index (χ4n) is 1.94.